The van der Waals surface area contributed by atoms with Gasteiger partial charge in [0.2, 0.25) is 0 Å². The molecule has 2 rings (SSSR count). The van der Waals surface area contributed by atoms with E-state index < -0.39 is 17.7 Å². The Bertz CT molecular complexity index is 571. The van der Waals surface area contributed by atoms with Gasteiger partial charge >= 0.3 is 11.9 Å². The highest BCUT2D eigenvalue weighted by Gasteiger charge is 2.39. The van der Waals surface area contributed by atoms with Crippen molar-refractivity contribution in [3.63, 3.8) is 0 Å². The number of hydrogen-bond acceptors (Lipinski definition) is 5. The number of carbonyl (C=O) groups is 3. The third kappa shape index (κ3) is 2.06. The summed E-state index contributed by atoms with van der Waals surface area (Å²) >= 11 is 3.25. The molecule has 18 heavy (non-hydrogen) atoms. The topological polar surface area (TPSA) is 69.7 Å². The zero-order valence-electron chi connectivity index (χ0n) is 9.23. The van der Waals surface area contributed by atoms with Crippen molar-refractivity contribution >= 4 is 39.4 Å². The van der Waals surface area contributed by atoms with Crippen molar-refractivity contribution in [3.8, 4) is 0 Å². The number of methoxy groups -OCH3 is 1. The maximum absolute atomic E-state index is 11.5. The van der Waals surface area contributed by atoms with E-state index in [1.54, 1.807) is 24.3 Å². The molecule has 6 heteroatoms. The van der Waals surface area contributed by atoms with Crippen LogP contribution >= 0.6 is 15.9 Å². The van der Waals surface area contributed by atoms with Gasteiger partial charge in [-0.2, -0.15) is 0 Å². The van der Waals surface area contributed by atoms with E-state index in [1.165, 1.54) is 0 Å². The number of Topliss-reactive ketones (excluding diaryl/α,β-unsaturated/α-hetero) is 1. The van der Waals surface area contributed by atoms with Crippen LogP contribution in [0.4, 0.5) is 0 Å². The quantitative estimate of drug-likeness (QED) is 0.470. The van der Waals surface area contributed by atoms with Gasteiger partial charge in [0.15, 0.2) is 11.3 Å². The Labute approximate surface area is 111 Å². The molecule has 0 amide bonds. The minimum Gasteiger partial charge on any atom is -0.465 e. The highest BCUT2D eigenvalue weighted by Crippen LogP contribution is 2.28. The Morgan fingerprint density at radius 2 is 1.83 bits per heavy atom. The SMILES string of the molecule is COC(=O)C1=C(c2ccc(Br)cc2)OC(=O)C1=O. The minimum atomic E-state index is -1.08. The van der Waals surface area contributed by atoms with Gasteiger partial charge in [0.1, 0.15) is 0 Å². The Hall–Kier alpha value is -1.95. The molecule has 0 aliphatic carbocycles. The van der Waals surface area contributed by atoms with Gasteiger partial charge in [0, 0.05) is 10.0 Å². The maximum Gasteiger partial charge on any atom is 0.385 e. The number of ketones is 1. The first-order valence-electron chi connectivity index (χ1n) is 4.89. The molecule has 0 bridgehead atoms. The maximum atomic E-state index is 11.5. The van der Waals surface area contributed by atoms with Crippen molar-refractivity contribution in [2.24, 2.45) is 0 Å². The standard InChI is InChI=1S/C12H7BrO5/c1-17-11(15)8-9(14)12(16)18-10(8)6-2-4-7(13)5-3-6/h2-5H,1H3. The smallest absolute Gasteiger partial charge is 0.385 e. The number of hydrogen-bond donors (Lipinski definition) is 0. The van der Waals surface area contributed by atoms with Gasteiger partial charge in [-0.15, -0.1) is 0 Å². The van der Waals surface area contributed by atoms with E-state index in [0.717, 1.165) is 11.6 Å². The van der Waals surface area contributed by atoms with Crippen molar-refractivity contribution in [2.75, 3.05) is 7.11 Å². The zero-order valence-corrected chi connectivity index (χ0v) is 10.8. The number of carbonyl (C=O) groups excluding carboxylic acids is 3. The Morgan fingerprint density at radius 3 is 2.39 bits per heavy atom. The highest BCUT2D eigenvalue weighted by molar-refractivity contribution is 9.10. The third-order valence-electron chi connectivity index (χ3n) is 2.33. The second-order valence-electron chi connectivity index (χ2n) is 3.42. The lowest BCUT2D eigenvalue weighted by molar-refractivity contribution is -0.146. The summed E-state index contributed by atoms with van der Waals surface area (Å²) < 4.78 is 10.1. The van der Waals surface area contributed by atoms with Gasteiger partial charge in [-0.3, -0.25) is 4.79 Å². The van der Waals surface area contributed by atoms with E-state index >= 15 is 0 Å². The number of cyclic esters (lactones) is 1. The summed E-state index contributed by atoms with van der Waals surface area (Å²) in [5.41, 5.74) is 0.0858. The predicted molar refractivity (Wildman–Crippen MR) is 64.2 cm³/mol. The molecule has 0 N–H and O–H groups in total. The fourth-order valence-corrected chi connectivity index (χ4v) is 1.75. The minimum absolute atomic E-state index is 0.0654. The van der Waals surface area contributed by atoms with Crippen LogP contribution in [0.1, 0.15) is 5.56 Å². The van der Waals surface area contributed by atoms with Crippen LogP contribution < -0.4 is 0 Å². The number of benzene rings is 1. The molecule has 0 saturated carbocycles. The van der Waals surface area contributed by atoms with E-state index in [2.05, 4.69) is 20.7 Å². The molecule has 1 aliphatic rings. The second kappa shape index (κ2) is 4.73. The van der Waals surface area contributed by atoms with Crippen LogP contribution in [0.5, 0.6) is 0 Å². The monoisotopic (exact) mass is 310 g/mol. The lowest BCUT2D eigenvalue weighted by atomic mass is 10.1. The predicted octanol–water partition coefficient (Wildman–Crippen LogP) is 1.46. The molecule has 5 nitrogen and oxygen atoms in total. The fourth-order valence-electron chi connectivity index (χ4n) is 1.49. The van der Waals surface area contributed by atoms with Gasteiger partial charge in [-0.1, -0.05) is 28.1 Å². The molecule has 1 aromatic carbocycles. The van der Waals surface area contributed by atoms with Crippen molar-refractivity contribution in [2.45, 2.75) is 0 Å². The summed E-state index contributed by atoms with van der Waals surface area (Å²) in [5.74, 6) is -3.01. The van der Waals surface area contributed by atoms with E-state index in [-0.39, 0.29) is 11.3 Å². The lowest BCUT2D eigenvalue weighted by Crippen LogP contribution is -2.16. The van der Waals surface area contributed by atoms with Crippen LogP contribution in [-0.2, 0) is 23.9 Å². The Balaban J connectivity index is 2.54. The van der Waals surface area contributed by atoms with E-state index in [1.807, 2.05) is 0 Å². The molecule has 92 valence electrons. The molecule has 0 aromatic heterocycles. The second-order valence-corrected chi connectivity index (χ2v) is 4.34. The first-order chi connectivity index (χ1) is 8.54. The molecule has 0 radical (unpaired) electrons. The first-order valence-corrected chi connectivity index (χ1v) is 5.69. The lowest BCUT2D eigenvalue weighted by Gasteiger charge is -2.03. The number of rotatable bonds is 2. The molecule has 0 fully saturated rings. The molecule has 0 atom stereocenters. The van der Waals surface area contributed by atoms with E-state index in [0.29, 0.717) is 5.56 Å². The van der Waals surface area contributed by atoms with Crippen molar-refractivity contribution in [3.05, 3.63) is 39.9 Å². The van der Waals surface area contributed by atoms with Crippen LogP contribution in [0.15, 0.2) is 34.3 Å². The van der Waals surface area contributed by atoms with Gasteiger partial charge in [-0.05, 0) is 12.1 Å². The molecule has 0 saturated heterocycles. The fraction of sp³-hybridized carbons (Fsp3) is 0.0833. The van der Waals surface area contributed by atoms with Crippen molar-refractivity contribution in [1.29, 1.82) is 0 Å². The van der Waals surface area contributed by atoms with Gasteiger partial charge in [-0.25, -0.2) is 9.59 Å². The molecular weight excluding hydrogens is 304 g/mol. The van der Waals surface area contributed by atoms with Gasteiger partial charge in [0.25, 0.3) is 5.78 Å². The Morgan fingerprint density at radius 1 is 1.22 bits per heavy atom. The third-order valence-corrected chi connectivity index (χ3v) is 2.86. The number of ether oxygens (including phenoxy) is 2. The summed E-state index contributed by atoms with van der Waals surface area (Å²) in [5, 5.41) is 0. The van der Waals surface area contributed by atoms with Crippen molar-refractivity contribution in [1.82, 2.24) is 0 Å². The summed E-state index contributed by atoms with van der Waals surface area (Å²) in [6.45, 7) is 0. The van der Waals surface area contributed by atoms with Gasteiger partial charge < -0.3 is 9.47 Å². The summed E-state index contributed by atoms with van der Waals surface area (Å²) in [4.78, 5) is 34.2. The molecular formula is C12H7BrO5. The van der Waals surface area contributed by atoms with Gasteiger partial charge in [0.05, 0.1) is 7.11 Å². The summed E-state index contributed by atoms with van der Waals surface area (Å²) in [7, 11) is 1.13. The number of esters is 2. The van der Waals surface area contributed by atoms with Crippen LogP contribution in [-0.4, -0.2) is 24.8 Å². The first kappa shape index (κ1) is 12.5. The van der Waals surface area contributed by atoms with E-state index in [9.17, 15) is 14.4 Å². The molecule has 1 aliphatic heterocycles. The Kier molecular flexibility index (Phi) is 3.29. The van der Waals surface area contributed by atoms with Crippen LogP contribution in [0.2, 0.25) is 0 Å². The molecule has 0 spiro atoms. The van der Waals surface area contributed by atoms with Crippen LogP contribution in [0.3, 0.4) is 0 Å². The van der Waals surface area contributed by atoms with Crippen LogP contribution in [0.25, 0.3) is 5.76 Å². The average Bonchev–Trinajstić information content (AvgIpc) is 2.66. The molecule has 0 unspecified atom stereocenters. The van der Waals surface area contributed by atoms with E-state index in [4.69, 9.17) is 4.74 Å². The highest BCUT2D eigenvalue weighted by atomic mass is 79.9. The summed E-state index contributed by atoms with van der Waals surface area (Å²) in [6, 6.07) is 6.64. The largest absolute Gasteiger partial charge is 0.465 e. The normalized spacial score (nSPS) is 14.8. The van der Waals surface area contributed by atoms with Crippen LogP contribution in [0, 0.1) is 0 Å². The molecule has 1 aromatic rings. The van der Waals surface area contributed by atoms with Crippen molar-refractivity contribution < 1.29 is 23.9 Å². The molecule has 1 heterocycles. The average molecular weight is 311 g/mol. The summed E-state index contributed by atoms with van der Waals surface area (Å²) in [6.07, 6.45) is 0. The zero-order chi connectivity index (χ0) is 13.3. The number of halogens is 1.